The van der Waals surface area contributed by atoms with Crippen molar-refractivity contribution in [1.82, 2.24) is 5.32 Å². The van der Waals surface area contributed by atoms with E-state index in [4.69, 9.17) is 16.3 Å². The summed E-state index contributed by atoms with van der Waals surface area (Å²) in [6.07, 6.45) is -3.36. The van der Waals surface area contributed by atoms with Crippen LogP contribution in [0.5, 0.6) is 0 Å². The normalized spacial score (nSPS) is 14.3. The largest absolute Gasteiger partial charge is 0.444 e. The number of alkyl carbamates (subject to hydrolysis) is 1. The van der Waals surface area contributed by atoms with Gasteiger partial charge in [0.2, 0.25) is 0 Å². The van der Waals surface area contributed by atoms with Crippen LogP contribution >= 0.6 is 11.6 Å². The molecule has 5 nitrogen and oxygen atoms in total. The van der Waals surface area contributed by atoms with Crippen molar-refractivity contribution in [3.05, 3.63) is 34.6 Å². The van der Waals surface area contributed by atoms with E-state index in [-0.39, 0.29) is 23.6 Å². The number of hydrogen-bond donors (Lipinski definition) is 3. The van der Waals surface area contributed by atoms with Crippen LogP contribution in [0.1, 0.15) is 38.9 Å². The van der Waals surface area contributed by atoms with Gasteiger partial charge in [-0.2, -0.15) is 0 Å². The number of nitrogens with one attached hydrogen (secondary N) is 1. The number of amides is 1. The van der Waals surface area contributed by atoms with Crippen molar-refractivity contribution in [1.29, 1.82) is 0 Å². The molecule has 7 heteroatoms. The van der Waals surface area contributed by atoms with Gasteiger partial charge in [0.1, 0.15) is 17.5 Å². The van der Waals surface area contributed by atoms with E-state index in [1.54, 1.807) is 20.8 Å². The molecule has 0 fully saturated rings. The molecule has 0 aromatic heterocycles. The first-order valence-electron chi connectivity index (χ1n) is 6.88. The molecule has 0 radical (unpaired) electrons. The molecule has 0 heterocycles. The number of carbonyl (C=O) groups excluding carboxylic acids is 1. The summed E-state index contributed by atoms with van der Waals surface area (Å²) < 4.78 is 18.7. The molecular formula is C15H21ClFNO4. The Bertz CT molecular complexity index is 499. The molecule has 1 amide bonds. The van der Waals surface area contributed by atoms with Crippen molar-refractivity contribution in [2.75, 3.05) is 6.54 Å². The van der Waals surface area contributed by atoms with Crippen LogP contribution in [0.15, 0.2) is 18.2 Å². The molecule has 1 aromatic carbocycles. The van der Waals surface area contributed by atoms with Gasteiger partial charge in [-0.3, -0.25) is 0 Å². The first kappa shape index (κ1) is 18.7. The maximum atomic E-state index is 13.7. The van der Waals surface area contributed by atoms with Crippen molar-refractivity contribution < 1.29 is 24.1 Å². The van der Waals surface area contributed by atoms with Crippen molar-refractivity contribution >= 4 is 17.7 Å². The van der Waals surface area contributed by atoms with Gasteiger partial charge in [0, 0.05) is 17.1 Å². The van der Waals surface area contributed by atoms with E-state index >= 15 is 0 Å². The van der Waals surface area contributed by atoms with Crippen molar-refractivity contribution in [2.45, 2.75) is 45.0 Å². The van der Waals surface area contributed by atoms with Gasteiger partial charge < -0.3 is 20.3 Å². The monoisotopic (exact) mass is 333 g/mol. The zero-order valence-corrected chi connectivity index (χ0v) is 13.5. The second-order valence-electron chi connectivity index (χ2n) is 5.86. The number of rotatable bonds is 5. The lowest BCUT2D eigenvalue weighted by molar-refractivity contribution is 0.0104. The predicted octanol–water partition coefficient (Wildman–Crippen LogP) is 2.79. The molecule has 0 spiro atoms. The summed E-state index contributed by atoms with van der Waals surface area (Å²) in [5.41, 5.74) is -0.781. The zero-order valence-electron chi connectivity index (χ0n) is 12.8. The standard InChI is InChI=1S/C15H21ClFNO4/c1-15(2,3)22-14(21)18-8-7-11(19)13(20)12-9(16)5-4-6-10(12)17/h4-6,11,13,19-20H,7-8H2,1-3H3,(H,18,21). The van der Waals surface area contributed by atoms with E-state index < -0.39 is 29.7 Å². The Morgan fingerprint density at radius 2 is 2.05 bits per heavy atom. The van der Waals surface area contributed by atoms with E-state index in [0.29, 0.717) is 0 Å². The number of aliphatic hydroxyl groups is 2. The van der Waals surface area contributed by atoms with Crippen LogP contribution in [-0.2, 0) is 4.74 Å². The highest BCUT2D eigenvalue weighted by Gasteiger charge is 2.24. The van der Waals surface area contributed by atoms with Crippen LogP contribution < -0.4 is 5.32 Å². The molecule has 0 aliphatic rings. The molecule has 124 valence electrons. The summed E-state index contributed by atoms with van der Waals surface area (Å²) in [6.45, 7) is 5.25. The Balaban J connectivity index is 2.52. The molecule has 2 atom stereocenters. The smallest absolute Gasteiger partial charge is 0.407 e. The molecule has 0 bridgehead atoms. The Morgan fingerprint density at radius 3 is 2.59 bits per heavy atom. The highest BCUT2D eigenvalue weighted by atomic mass is 35.5. The lowest BCUT2D eigenvalue weighted by Gasteiger charge is -2.22. The molecular weight excluding hydrogens is 313 g/mol. The Hall–Kier alpha value is -1.37. The van der Waals surface area contributed by atoms with Gasteiger partial charge in [-0.05, 0) is 39.3 Å². The minimum atomic E-state index is -1.48. The summed E-state index contributed by atoms with van der Waals surface area (Å²) >= 11 is 5.82. The fourth-order valence-electron chi connectivity index (χ4n) is 1.78. The third kappa shape index (κ3) is 5.79. The lowest BCUT2D eigenvalue weighted by Crippen LogP contribution is -2.34. The quantitative estimate of drug-likeness (QED) is 0.774. The molecule has 1 rings (SSSR count). The molecule has 0 saturated heterocycles. The second kappa shape index (κ2) is 7.76. The van der Waals surface area contributed by atoms with E-state index in [2.05, 4.69) is 5.32 Å². The topological polar surface area (TPSA) is 78.8 Å². The van der Waals surface area contributed by atoms with Crippen LogP contribution in [0.3, 0.4) is 0 Å². The van der Waals surface area contributed by atoms with Crippen molar-refractivity contribution in [3.63, 3.8) is 0 Å². The molecule has 3 N–H and O–H groups in total. The molecule has 0 aliphatic heterocycles. The van der Waals surface area contributed by atoms with Crippen molar-refractivity contribution in [2.24, 2.45) is 0 Å². The van der Waals surface area contributed by atoms with Crippen molar-refractivity contribution in [3.8, 4) is 0 Å². The van der Waals surface area contributed by atoms with E-state index in [9.17, 15) is 19.4 Å². The van der Waals surface area contributed by atoms with Crippen LogP contribution in [-0.4, -0.2) is 34.6 Å². The molecule has 0 aliphatic carbocycles. The van der Waals surface area contributed by atoms with Crippen LogP contribution in [0.4, 0.5) is 9.18 Å². The third-order valence-electron chi connectivity index (χ3n) is 2.77. The lowest BCUT2D eigenvalue weighted by atomic mass is 10.0. The highest BCUT2D eigenvalue weighted by Crippen LogP contribution is 2.28. The molecule has 22 heavy (non-hydrogen) atoms. The third-order valence-corrected chi connectivity index (χ3v) is 3.10. The Kier molecular flexibility index (Phi) is 6.59. The fraction of sp³-hybridized carbons (Fsp3) is 0.533. The maximum absolute atomic E-state index is 13.7. The summed E-state index contributed by atoms with van der Waals surface area (Å²) in [7, 11) is 0. The zero-order chi connectivity index (χ0) is 16.9. The van der Waals surface area contributed by atoms with Crippen LogP contribution in [0.25, 0.3) is 0 Å². The van der Waals surface area contributed by atoms with Gasteiger partial charge in [0.25, 0.3) is 0 Å². The first-order valence-corrected chi connectivity index (χ1v) is 7.26. The van der Waals surface area contributed by atoms with Gasteiger partial charge in [-0.1, -0.05) is 17.7 Å². The Morgan fingerprint density at radius 1 is 1.41 bits per heavy atom. The average molecular weight is 334 g/mol. The summed E-state index contributed by atoms with van der Waals surface area (Å²) in [4.78, 5) is 11.4. The predicted molar refractivity (Wildman–Crippen MR) is 81.2 cm³/mol. The fourth-order valence-corrected chi connectivity index (χ4v) is 2.05. The highest BCUT2D eigenvalue weighted by molar-refractivity contribution is 6.31. The first-order chi connectivity index (χ1) is 10.1. The number of carbonyl (C=O) groups is 1. The Labute approximate surface area is 134 Å². The number of halogens is 2. The summed E-state index contributed by atoms with van der Waals surface area (Å²) in [6, 6.07) is 3.98. The summed E-state index contributed by atoms with van der Waals surface area (Å²) in [5.74, 6) is -0.695. The van der Waals surface area contributed by atoms with Gasteiger partial charge in [-0.15, -0.1) is 0 Å². The average Bonchev–Trinajstić information content (AvgIpc) is 2.35. The van der Waals surface area contributed by atoms with Gasteiger partial charge in [-0.25, -0.2) is 9.18 Å². The maximum Gasteiger partial charge on any atom is 0.407 e. The number of aliphatic hydroxyl groups excluding tert-OH is 2. The number of ether oxygens (including phenoxy) is 1. The van der Waals surface area contributed by atoms with Gasteiger partial charge >= 0.3 is 6.09 Å². The number of benzene rings is 1. The second-order valence-corrected chi connectivity index (χ2v) is 6.27. The summed E-state index contributed by atoms with van der Waals surface area (Å²) in [5, 5.41) is 22.4. The minimum Gasteiger partial charge on any atom is -0.444 e. The van der Waals surface area contributed by atoms with Crippen LogP contribution in [0, 0.1) is 5.82 Å². The molecule has 0 saturated carbocycles. The minimum absolute atomic E-state index is 0.0189. The van der Waals surface area contributed by atoms with E-state index in [1.807, 2.05) is 0 Å². The van der Waals surface area contributed by atoms with Gasteiger partial charge in [0.15, 0.2) is 0 Å². The number of hydrogen-bond acceptors (Lipinski definition) is 4. The van der Waals surface area contributed by atoms with E-state index in [1.165, 1.54) is 12.1 Å². The van der Waals surface area contributed by atoms with E-state index in [0.717, 1.165) is 6.07 Å². The van der Waals surface area contributed by atoms with Gasteiger partial charge in [0.05, 0.1) is 6.10 Å². The molecule has 1 aromatic rings. The molecule has 2 unspecified atom stereocenters. The van der Waals surface area contributed by atoms with Crippen LogP contribution in [0.2, 0.25) is 5.02 Å². The SMILES string of the molecule is CC(C)(C)OC(=O)NCCC(O)C(O)c1c(F)cccc1Cl.